The number of hydrogen-bond acceptors (Lipinski definition) is 3. The first kappa shape index (κ1) is 9.96. The SMILES string of the molecule is COC(=O)C1(c2ccc(N)cc2F)CC1. The van der Waals surface area contributed by atoms with Crippen LogP contribution in [-0.4, -0.2) is 13.1 Å². The van der Waals surface area contributed by atoms with E-state index in [0.717, 1.165) is 0 Å². The maximum absolute atomic E-state index is 13.6. The van der Waals surface area contributed by atoms with Gasteiger partial charge in [0.25, 0.3) is 0 Å². The van der Waals surface area contributed by atoms with E-state index in [1.54, 1.807) is 12.1 Å². The highest BCUT2D eigenvalue weighted by molar-refractivity contribution is 5.86. The van der Waals surface area contributed by atoms with Crippen LogP contribution < -0.4 is 5.73 Å². The van der Waals surface area contributed by atoms with Gasteiger partial charge in [0.1, 0.15) is 5.82 Å². The molecule has 4 heteroatoms. The van der Waals surface area contributed by atoms with Crippen molar-refractivity contribution >= 4 is 11.7 Å². The number of carbonyl (C=O) groups excluding carboxylic acids is 1. The predicted octanol–water partition coefficient (Wildman–Crippen LogP) is 1.61. The van der Waals surface area contributed by atoms with E-state index in [0.29, 0.717) is 24.1 Å². The number of nitrogen functional groups attached to an aromatic ring is 1. The third kappa shape index (κ3) is 1.46. The molecule has 1 fully saturated rings. The van der Waals surface area contributed by atoms with E-state index in [-0.39, 0.29) is 5.97 Å². The molecule has 0 spiro atoms. The number of anilines is 1. The molecule has 1 aromatic rings. The van der Waals surface area contributed by atoms with Crippen LogP contribution in [0.3, 0.4) is 0 Å². The molecule has 1 aromatic carbocycles. The highest BCUT2D eigenvalue weighted by atomic mass is 19.1. The van der Waals surface area contributed by atoms with Gasteiger partial charge in [0, 0.05) is 11.3 Å². The smallest absolute Gasteiger partial charge is 0.316 e. The summed E-state index contributed by atoms with van der Waals surface area (Å²) in [6.45, 7) is 0. The van der Waals surface area contributed by atoms with Crippen LogP contribution in [-0.2, 0) is 14.9 Å². The molecule has 2 N–H and O–H groups in total. The van der Waals surface area contributed by atoms with Crippen molar-refractivity contribution in [3.8, 4) is 0 Å². The molecule has 0 atom stereocenters. The molecule has 0 aromatic heterocycles. The first-order valence-electron chi connectivity index (χ1n) is 4.74. The lowest BCUT2D eigenvalue weighted by Gasteiger charge is -2.13. The molecule has 0 bridgehead atoms. The van der Waals surface area contributed by atoms with E-state index >= 15 is 0 Å². The summed E-state index contributed by atoms with van der Waals surface area (Å²) in [5.74, 6) is -0.802. The summed E-state index contributed by atoms with van der Waals surface area (Å²) in [5, 5.41) is 0. The van der Waals surface area contributed by atoms with Crippen LogP contribution in [0, 0.1) is 5.82 Å². The molecule has 1 saturated carbocycles. The maximum atomic E-state index is 13.6. The monoisotopic (exact) mass is 209 g/mol. The van der Waals surface area contributed by atoms with E-state index in [9.17, 15) is 9.18 Å². The Morgan fingerprint density at radius 1 is 1.53 bits per heavy atom. The molecular weight excluding hydrogens is 197 g/mol. The Bertz CT molecular complexity index is 413. The number of methoxy groups -OCH3 is 1. The van der Waals surface area contributed by atoms with Gasteiger partial charge in [-0.25, -0.2) is 4.39 Å². The molecule has 0 saturated heterocycles. The Morgan fingerprint density at radius 2 is 2.20 bits per heavy atom. The van der Waals surface area contributed by atoms with Crippen LogP contribution in [0.25, 0.3) is 0 Å². The Labute approximate surface area is 87.0 Å². The van der Waals surface area contributed by atoms with Gasteiger partial charge in [0.05, 0.1) is 12.5 Å². The molecule has 0 aliphatic heterocycles. The van der Waals surface area contributed by atoms with Crippen molar-refractivity contribution in [2.45, 2.75) is 18.3 Å². The maximum Gasteiger partial charge on any atom is 0.316 e. The molecule has 0 unspecified atom stereocenters. The second kappa shape index (κ2) is 3.22. The largest absolute Gasteiger partial charge is 0.468 e. The quantitative estimate of drug-likeness (QED) is 0.594. The number of esters is 1. The predicted molar refractivity (Wildman–Crippen MR) is 53.7 cm³/mol. The Morgan fingerprint density at radius 3 is 2.67 bits per heavy atom. The van der Waals surface area contributed by atoms with Gasteiger partial charge in [0.2, 0.25) is 0 Å². The van der Waals surface area contributed by atoms with E-state index in [1.807, 2.05) is 0 Å². The fourth-order valence-electron chi connectivity index (χ4n) is 1.82. The topological polar surface area (TPSA) is 52.3 Å². The Balaban J connectivity index is 2.42. The summed E-state index contributed by atoms with van der Waals surface area (Å²) in [5.41, 5.74) is 5.44. The second-order valence-electron chi connectivity index (χ2n) is 3.81. The van der Waals surface area contributed by atoms with Gasteiger partial charge in [-0.1, -0.05) is 6.07 Å². The molecule has 15 heavy (non-hydrogen) atoms. The Hall–Kier alpha value is -1.58. The van der Waals surface area contributed by atoms with Gasteiger partial charge in [-0.2, -0.15) is 0 Å². The number of rotatable bonds is 2. The number of benzene rings is 1. The summed E-state index contributed by atoms with van der Waals surface area (Å²) in [6, 6.07) is 4.40. The second-order valence-corrected chi connectivity index (χ2v) is 3.81. The molecule has 1 aliphatic carbocycles. The van der Waals surface area contributed by atoms with E-state index in [4.69, 9.17) is 5.73 Å². The normalized spacial score (nSPS) is 17.2. The van der Waals surface area contributed by atoms with Gasteiger partial charge in [-0.15, -0.1) is 0 Å². The number of halogens is 1. The molecular formula is C11H12FNO2. The third-order valence-electron chi connectivity index (χ3n) is 2.83. The summed E-state index contributed by atoms with van der Waals surface area (Å²) in [6.07, 6.45) is 1.28. The van der Waals surface area contributed by atoms with Crippen molar-refractivity contribution in [2.75, 3.05) is 12.8 Å². The van der Waals surface area contributed by atoms with Crippen molar-refractivity contribution in [3.05, 3.63) is 29.6 Å². The average Bonchev–Trinajstić information content (AvgIpc) is 2.97. The zero-order chi connectivity index (χ0) is 11.1. The fourth-order valence-corrected chi connectivity index (χ4v) is 1.82. The van der Waals surface area contributed by atoms with Crippen LogP contribution in [0.1, 0.15) is 18.4 Å². The van der Waals surface area contributed by atoms with Gasteiger partial charge >= 0.3 is 5.97 Å². The standard InChI is InChI=1S/C11H12FNO2/c1-15-10(14)11(4-5-11)8-3-2-7(13)6-9(8)12/h2-3,6H,4-5,13H2,1H3. The number of ether oxygens (including phenoxy) is 1. The van der Waals surface area contributed by atoms with Crippen LogP contribution in [0.5, 0.6) is 0 Å². The minimum atomic E-state index is -0.757. The van der Waals surface area contributed by atoms with Crippen molar-refractivity contribution in [3.63, 3.8) is 0 Å². The Kier molecular flexibility index (Phi) is 2.14. The molecule has 0 amide bonds. The van der Waals surface area contributed by atoms with Crippen LogP contribution in [0.4, 0.5) is 10.1 Å². The lowest BCUT2D eigenvalue weighted by molar-refractivity contribution is -0.143. The molecule has 80 valence electrons. The van der Waals surface area contributed by atoms with E-state index in [1.165, 1.54) is 13.2 Å². The zero-order valence-electron chi connectivity index (χ0n) is 8.42. The van der Waals surface area contributed by atoms with Gasteiger partial charge in [-0.05, 0) is 25.0 Å². The molecule has 0 radical (unpaired) electrons. The van der Waals surface area contributed by atoms with E-state index < -0.39 is 11.2 Å². The first-order valence-corrected chi connectivity index (χ1v) is 4.74. The van der Waals surface area contributed by atoms with Gasteiger partial charge < -0.3 is 10.5 Å². The molecule has 2 rings (SSSR count). The minimum absolute atomic E-state index is 0.358. The highest BCUT2D eigenvalue weighted by Gasteiger charge is 2.53. The van der Waals surface area contributed by atoms with Crippen molar-refractivity contribution in [1.29, 1.82) is 0 Å². The third-order valence-corrected chi connectivity index (χ3v) is 2.83. The fraction of sp³-hybridized carbons (Fsp3) is 0.364. The van der Waals surface area contributed by atoms with Crippen molar-refractivity contribution in [1.82, 2.24) is 0 Å². The van der Waals surface area contributed by atoms with Crippen LogP contribution in [0.15, 0.2) is 18.2 Å². The lowest BCUT2D eigenvalue weighted by atomic mass is 9.95. The summed E-state index contributed by atoms with van der Waals surface area (Å²) in [7, 11) is 1.32. The number of nitrogens with two attached hydrogens (primary N) is 1. The first-order chi connectivity index (χ1) is 7.10. The van der Waals surface area contributed by atoms with Crippen molar-refractivity contribution < 1.29 is 13.9 Å². The van der Waals surface area contributed by atoms with Gasteiger partial charge in [0.15, 0.2) is 0 Å². The van der Waals surface area contributed by atoms with Crippen LogP contribution >= 0.6 is 0 Å². The summed E-state index contributed by atoms with van der Waals surface area (Å²) >= 11 is 0. The van der Waals surface area contributed by atoms with Gasteiger partial charge in [-0.3, -0.25) is 4.79 Å². The molecule has 1 aliphatic rings. The minimum Gasteiger partial charge on any atom is -0.468 e. The molecule has 0 heterocycles. The average molecular weight is 209 g/mol. The molecule has 3 nitrogen and oxygen atoms in total. The zero-order valence-corrected chi connectivity index (χ0v) is 8.42. The van der Waals surface area contributed by atoms with E-state index in [2.05, 4.69) is 4.74 Å². The number of carbonyl (C=O) groups is 1. The number of hydrogen-bond donors (Lipinski definition) is 1. The lowest BCUT2D eigenvalue weighted by Crippen LogP contribution is -2.23. The highest BCUT2D eigenvalue weighted by Crippen LogP contribution is 2.50. The van der Waals surface area contributed by atoms with Crippen molar-refractivity contribution in [2.24, 2.45) is 0 Å². The summed E-state index contributed by atoms with van der Waals surface area (Å²) < 4.78 is 18.3. The van der Waals surface area contributed by atoms with Crippen LogP contribution in [0.2, 0.25) is 0 Å². The summed E-state index contributed by atoms with van der Waals surface area (Å²) in [4.78, 5) is 11.5.